The molecule has 1 unspecified atom stereocenters. The molecule has 0 aliphatic rings. The van der Waals surface area contributed by atoms with Crippen LogP contribution in [-0.2, 0) is 16.1 Å². The number of aliphatic carboxylic acids is 1. The van der Waals surface area contributed by atoms with Gasteiger partial charge in [-0.3, -0.25) is 4.79 Å². The Morgan fingerprint density at radius 2 is 1.95 bits per heavy atom. The van der Waals surface area contributed by atoms with Crippen LogP contribution in [-0.4, -0.2) is 52.6 Å². The summed E-state index contributed by atoms with van der Waals surface area (Å²) >= 11 is 5.48. The van der Waals surface area contributed by atoms with E-state index in [9.17, 15) is 9.59 Å². The number of aliphatic hydroxyl groups excluding tert-OH is 1. The van der Waals surface area contributed by atoms with Gasteiger partial charge in [-0.05, 0) is 17.7 Å². The predicted octanol–water partition coefficient (Wildman–Crippen LogP) is 0.708. The van der Waals surface area contributed by atoms with Crippen LogP contribution in [0.15, 0.2) is 24.3 Å². The Balaban J connectivity index is 2.93. The van der Waals surface area contributed by atoms with Crippen molar-refractivity contribution < 1.29 is 24.5 Å². The summed E-state index contributed by atoms with van der Waals surface area (Å²) in [5.74, 6) is -1.52. The molecule has 0 fully saturated rings. The monoisotopic (exact) mass is 301 g/mol. The van der Waals surface area contributed by atoms with Crippen molar-refractivity contribution in [3.8, 4) is 5.75 Å². The molecule has 1 aromatic carbocycles. The highest BCUT2D eigenvalue weighted by Gasteiger charge is 2.28. The van der Waals surface area contributed by atoms with E-state index in [2.05, 4.69) is 0 Å². The first-order valence-electron chi connectivity index (χ1n) is 5.85. The van der Waals surface area contributed by atoms with Crippen molar-refractivity contribution in [3.05, 3.63) is 29.8 Å². The highest BCUT2D eigenvalue weighted by atomic mass is 35.5. The number of halogens is 1. The predicted molar refractivity (Wildman–Crippen MR) is 72.8 cm³/mol. The van der Waals surface area contributed by atoms with E-state index in [0.29, 0.717) is 11.3 Å². The van der Waals surface area contributed by atoms with Crippen LogP contribution in [0.2, 0.25) is 0 Å². The fraction of sp³-hybridized carbons (Fsp3) is 0.385. The molecule has 0 aromatic heterocycles. The van der Waals surface area contributed by atoms with Crippen LogP contribution >= 0.6 is 11.6 Å². The zero-order valence-corrected chi connectivity index (χ0v) is 11.7. The van der Waals surface area contributed by atoms with Crippen LogP contribution < -0.4 is 4.74 Å². The average molecular weight is 302 g/mol. The maximum atomic E-state index is 11.7. The number of methoxy groups -OCH3 is 1. The van der Waals surface area contributed by atoms with Crippen molar-refractivity contribution in [3.63, 3.8) is 0 Å². The van der Waals surface area contributed by atoms with Crippen molar-refractivity contribution in [2.75, 3.05) is 19.6 Å². The molecule has 1 amide bonds. The number of carboxylic acids is 1. The zero-order valence-electron chi connectivity index (χ0n) is 11.0. The molecule has 1 aromatic rings. The van der Waals surface area contributed by atoms with Gasteiger partial charge in [-0.25, -0.2) is 4.79 Å². The quantitative estimate of drug-likeness (QED) is 0.724. The van der Waals surface area contributed by atoms with E-state index in [-0.39, 0.29) is 12.4 Å². The van der Waals surface area contributed by atoms with Gasteiger partial charge in [0.2, 0.25) is 5.91 Å². The molecule has 0 heterocycles. The zero-order chi connectivity index (χ0) is 15.1. The first-order chi connectivity index (χ1) is 9.53. The molecule has 0 spiro atoms. The summed E-state index contributed by atoms with van der Waals surface area (Å²) in [6, 6.07) is 5.51. The average Bonchev–Trinajstić information content (AvgIpc) is 2.46. The van der Waals surface area contributed by atoms with Gasteiger partial charge in [-0.15, -0.1) is 11.6 Å². The van der Waals surface area contributed by atoms with E-state index in [1.165, 1.54) is 7.11 Å². The van der Waals surface area contributed by atoms with Crippen molar-refractivity contribution in [1.29, 1.82) is 0 Å². The van der Waals surface area contributed by atoms with Crippen LogP contribution in [0.25, 0.3) is 0 Å². The summed E-state index contributed by atoms with van der Waals surface area (Å²) in [5, 5.41) is 18.2. The van der Waals surface area contributed by atoms with Crippen molar-refractivity contribution in [2.45, 2.75) is 12.6 Å². The topological polar surface area (TPSA) is 87.1 Å². The first kappa shape index (κ1) is 16.3. The highest BCUT2D eigenvalue weighted by Crippen LogP contribution is 2.15. The van der Waals surface area contributed by atoms with Gasteiger partial charge in [-0.1, -0.05) is 12.1 Å². The minimum Gasteiger partial charge on any atom is -0.497 e. The summed E-state index contributed by atoms with van der Waals surface area (Å²) in [7, 11) is 1.53. The van der Waals surface area contributed by atoms with Crippen LogP contribution in [0.3, 0.4) is 0 Å². The van der Waals surface area contributed by atoms with Crippen LogP contribution in [0.1, 0.15) is 5.56 Å². The number of hydrogen-bond donors (Lipinski definition) is 2. The largest absolute Gasteiger partial charge is 0.497 e. The lowest BCUT2D eigenvalue weighted by atomic mass is 10.1. The summed E-state index contributed by atoms with van der Waals surface area (Å²) in [4.78, 5) is 23.8. The molecule has 0 bridgehead atoms. The fourth-order valence-corrected chi connectivity index (χ4v) is 1.84. The van der Waals surface area contributed by atoms with Crippen LogP contribution in [0.4, 0.5) is 0 Å². The van der Waals surface area contributed by atoms with Gasteiger partial charge >= 0.3 is 5.97 Å². The lowest BCUT2D eigenvalue weighted by molar-refractivity contribution is -0.151. The van der Waals surface area contributed by atoms with Gasteiger partial charge in [-0.2, -0.15) is 0 Å². The number of nitrogens with zero attached hydrogens (tertiary/aromatic N) is 1. The normalized spacial score (nSPS) is 11.8. The molecule has 0 saturated carbocycles. The SMILES string of the molecule is COc1ccc(CN(C(=O)CCl)C(CO)C(=O)O)cc1. The molecule has 2 N–H and O–H groups in total. The Morgan fingerprint density at radius 3 is 2.35 bits per heavy atom. The Hall–Kier alpha value is -1.79. The molecule has 0 saturated heterocycles. The molecule has 0 aliphatic carbocycles. The van der Waals surface area contributed by atoms with Gasteiger partial charge in [0, 0.05) is 6.54 Å². The maximum Gasteiger partial charge on any atom is 0.328 e. The van der Waals surface area contributed by atoms with Gasteiger partial charge < -0.3 is 19.8 Å². The second-order valence-electron chi connectivity index (χ2n) is 4.04. The summed E-state index contributed by atoms with van der Waals surface area (Å²) in [6.45, 7) is -0.624. The fourth-order valence-electron chi connectivity index (χ4n) is 1.69. The van der Waals surface area contributed by atoms with Crippen molar-refractivity contribution >= 4 is 23.5 Å². The minimum atomic E-state index is -1.32. The smallest absolute Gasteiger partial charge is 0.328 e. The van der Waals surface area contributed by atoms with E-state index in [4.69, 9.17) is 26.6 Å². The number of ether oxygens (including phenoxy) is 1. The summed E-state index contributed by atoms with van der Waals surface area (Å²) in [6.07, 6.45) is 0. The van der Waals surface area contributed by atoms with Gasteiger partial charge in [0.25, 0.3) is 0 Å². The number of amides is 1. The standard InChI is InChI=1S/C13H16ClNO5/c1-20-10-4-2-9(3-5-10)7-15(12(17)6-14)11(8-16)13(18)19/h2-5,11,16H,6-8H2,1H3,(H,18,19). The number of hydrogen-bond acceptors (Lipinski definition) is 4. The van der Waals surface area contributed by atoms with Gasteiger partial charge in [0.05, 0.1) is 13.7 Å². The van der Waals surface area contributed by atoms with Gasteiger partial charge in [0.15, 0.2) is 6.04 Å². The summed E-state index contributed by atoms with van der Waals surface area (Å²) in [5.41, 5.74) is 0.712. The second kappa shape index (κ2) is 7.72. The number of aliphatic hydroxyl groups is 1. The molecule has 20 heavy (non-hydrogen) atoms. The number of carboxylic acid groups (broad SMARTS) is 1. The van der Waals surface area contributed by atoms with E-state index < -0.39 is 24.5 Å². The third-order valence-electron chi connectivity index (χ3n) is 2.78. The molecular formula is C13H16ClNO5. The van der Waals surface area contributed by atoms with Crippen molar-refractivity contribution in [1.82, 2.24) is 4.90 Å². The Kier molecular flexibility index (Phi) is 6.27. The molecule has 0 radical (unpaired) electrons. The minimum absolute atomic E-state index is 0.0487. The molecular weight excluding hydrogens is 286 g/mol. The molecule has 6 nitrogen and oxygen atoms in total. The lowest BCUT2D eigenvalue weighted by Gasteiger charge is -2.27. The van der Waals surface area contributed by atoms with Gasteiger partial charge in [0.1, 0.15) is 11.6 Å². The van der Waals surface area contributed by atoms with Crippen LogP contribution in [0.5, 0.6) is 5.75 Å². The van der Waals surface area contributed by atoms with E-state index in [1.54, 1.807) is 24.3 Å². The number of benzene rings is 1. The summed E-state index contributed by atoms with van der Waals surface area (Å²) < 4.78 is 5.01. The molecule has 1 atom stereocenters. The van der Waals surface area contributed by atoms with E-state index in [0.717, 1.165) is 4.90 Å². The maximum absolute atomic E-state index is 11.7. The molecule has 0 aliphatic heterocycles. The third kappa shape index (κ3) is 4.11. The molecule has 7 heteroatoms. The number of alkyl halides is 1. The highest BCUT2D eigenvalue weighted by molar-refractivity contribution is 6.27. The van der Waals surface area contributed by atoms with Crippen molar-refractivity contribution in [2.24, 2.45) is 0 Å². The Labute approximate surface area is 121 Å². The first-order valence-corrected chi connectivity index (χ1v) is 6.39. The van der Waals surface area contributed by atoms with E-state index >= 15 is 0 Å². The van der Waals surface area contributed by atoms with Crippen LogP contribution in [0, 0.1) is 0 Å². The molecule has 110 valence electrons. The lowest BCUT2D eigenvalue weighted by Crippen LogP contribution is -2.47. The third-order valence-corrected chi connectivity index (χ3v) is 3.01. The molecule has 1 rings (SSSR count). The number of rotatable bonds is 7. The Morgan fingerprint density at radius 1 is 1.35 bits per heavy atom. The van der Waals surface area contributed by atoms with E-state index in [1.807, 2.05) is 0 Å². The number of carbonyl (C=O) groups excluding carboxylic acids is 1. The Bertz CT molecular complexity index is 462. The number of carbonyl (C=O) groups is 2. The second-order valence-corrected chi connectivity index (χ2v) is 4.31.